The van der Waals surface area contributed by atoms with Crippen molar-refractivity contribution >= 4 is 15.6 Å². The molecule has 0 saturated heterocycles. The van der Waals surface area contributed by atoms with Crippen LogP contribution in [0.25, 0.3) is 0 Å². The zero-order valence-corrected chi connectivity index (χ0v) is 13.8. The van der Waals surface area contributed by atoms with Crippen LogP contribution in [0.2, 0.25) is 0 Å². The van der Waals surface area contributed by atoms with Crippen molar-refractivity contribution in [1.29, 1.82) is 5.26 Å². The second-order valence-electron chi connectivity index (χ2n) is 6.38. The lowest BCUT2D eigenvalue weighted by Gasteiger charge is -2.33. The van der Waals surface area contributed by atoms with E-state index in [9.17, 15) is 13.2 Å². The number of nitrogens with zero attached hydrogens (tertiary/aromatic N) is 1. The van der Waals surface area contributed by atoms with Gasteiger partial charge in [0.25, 0.3) is 0 Å². The van der Waals surface area contributed by atoms with Crippen molar-refractivity contribution in [2.24, 2.45) is 0 Å². The zero-order valence-electron chi connectivity index (χ0n) is 13.0. The van der Waals surface area contributed by atoms with Gasteiger partial charge in [-0.05, 0) is 30.5 Å². The van der Waals surface area contributed by atoms with E-state index in [1.165, 1.54) is 0 Å². The fourth-order valence-corrected chi connectivity index (χ4v) is 5.72. The molecule has 0 radical (unpaired) electrons. The number of nitrogens with one attached hydrogen (secondary N) is 1. The second-order valence-corrected chi connectivity index (χ2v) is 8.45. The lowest BCUT2D eigenvalue weighted by atomic mass is 9.79. The molecule has 5 nitrogen and oxygen atoms in total. The molecule has 1 atom stereocenters. The summed E-state index contributed by atoms with van der Waals surface area (Å²) in [5.41, 5.74) is 3.32. The first-order valence-electron chi connectivity index (χ1n) is 8.00. The number of carbonyl (C=O) groups excluding carboxylic acids is 1. The van der Waals surface area contributed by atoms with Crippen LogP contribution in [-0.4, -0.2) is 20.0 Å². The fourth-order valence-electron chi connectivity index (χ4n) is 3.88. The summed E-state index contributed by atoms with van der Waals surface area (Å²) in [6, 6.07) is 9.01. The van der Waals surface area contributed by atoms with Crippen molar-refractivity contribution < 1.29 is 13.2 Å². The summed E-state index contributed by atoms with van der Waals surface area (Å²) in [6.45, 7) is 0. The molecule has 24 heavy (non-hydrogen) atoms. The van der Waals surface area contributed by atoms with Gasteiger partial charge in [-0.3, -0.25) is 4.79 Å². The Hall–Kier alpha value is -2.39. The summed E-state index contributed by atoms with van der Waals surface area (Å²) in [5, 5.41) is 12.4. The largest absolute Gasteiger partial charge is 0.361 e. The normalized spacial score (nSPS) is 25.0. The number of benzene rings is 1. The molecule has 0 spiro atoms. The number of carbonyl (C=O) groups is 1. The van der Waals surface area contributed by atoms with Crippen LogP contribution in [0.15, 0.2) is 46.1 Å². The molecule has 2 heterocycles. The summed E-state index contributed by atoms with van der Waals surface area (Å²) >= 11 is 0. The number of ketones is 1. The van der Waals surface area contributed by atoms with Crippen LogP contribution >= 0.6 is 0 Å². The van der Waals surface area contributed by atoms with Crippen molar-refractivity contribution in [2.45, 2.75) is 31.6 Å². The highest BCUT2D eigenvalue weighted by Crippen LogP contribution is 2.47. The number of Topliss-reactive ketones (excluding diaryl/α,β-unsaturated/α-hetero) is 1. The van der Waals surface area contributed by atoms with E-state index >= 15 is 0 Å². The first-order chi connectivity index (χ1) is 11.5. The predicted molar refractivity (Wildman–Crippen MR) is 88.3 cm³/mol. The highest BCUT2D eigenvalue weighted by atomic mass is 32.2. The average Bonchev–Trinajstić information content (AvgIpc) is 2.88. The molecule has 4 rings (SSSR count). The van der Waals surface area contributed by atoms with E-state index in [4.69, 9.17) is 5.26 Å². The Morgan fingerprint density at radius 1 is 1.17 bits per heavy atom. The number of allylic oxidation sites excluding steroid dienone is 4. The number of dihydropyridines is 1. The van der Waals surface area contributed by atoms with Crippen LogP contribution < -0.4 is 5.32 Å². The van der Waals surface area contributed by atoms with Crippen LogP contribution in [0, 0.1) is 11.3 Å². The lowest BCUT2D eigenvalue weighted by Crippen LogP contribution is -2.32. The van der Waals surface area contributed by atoms with Gasteiger partial charge in [-0.15, -0.1) is 0 Å². The molecular weight excluding hydrogens is 324 g/mol. The summed E-state index contributed by atoms with van der Waals surface area (Å²) in [6.07, 6.45) is 2.44. The van der Waals surface area contributed by atoms with Gasteiger partial charge in [0.15, 0.2) is 15.6 Å². The predicted octanol–water partition coefficient (Wildman–Crippen LogP) is 2.28. The molecule has 2 aliphatic heterocycles. The number of nitriles is 1. The highest BCUT2D eigenvalue weighted by Gasteiger charge is 2.44. The average molecular weight is 340 g/mol. The van der Waals surface area contributed by atoms with Gasteiger partial charge in [0.1, 0.15) is 0 Å². The number of sulfone groups is 1. The van der Waals surface area contributed by atoms with Crippen molar-refractivity contribution in [3.63, 3.8) is 0 Å². The Kier molecular flexibility index (Phi) is 3.36. The SMILES string of the molecule is N#Cc1cccc([C@H]2C3=C(CCCC3=O)NC3=C2S(=O)(=O)CC3)c1. The third kappa shape index (κ3) is 2.20. The highest BCUT2D eigenvalue weighted by molar-refractivity contribution is 7.95. The van der Waals surface area contributed by atoms with Gasteiger partial charge in [0.05, 0.1) is 28.2 Å². The standard InChI is InChI=1S/C18H16N2O3S/c19-10-11-3-1-4-12(9-11)16-17-13(5-2-6-15(17)21)20-14-7-8-24(22,23)18(14)16/h1,3-4,9,16,20H,2,5-8H2/t16-/m0/s1. The van der Waals surface area contributed by atoms with E-state index in [1.807, 2.05) is 6.07 Å². The molecule has 0 bridgehead atoms. The second kappa shape index (κ2) is 5.32. The molecule has 122 valence electrons. The van der Waals surface area contributed by atoms with Crippen LogP contribution in [-0.2, 0) is 14.6 Å². The minimum Gasteiger partial charge on any atom is -0.361 e. The van der Waals surface area contributed by atoms with Crippen molar-refractivity contribution in [3.8, 4) is 6.07 Å². The molecule has 1 aliphatic carbocycles. The van der Waals surface area contributed by atoms with E-state index < -0.39 is 15.8 Å². The summed E-state index contributed by atoms with van der Waals surface area (Å²) in [5.74, 6) is -0.497. The topological polar surface area (TPSA) is 87.0 Å². The number of hydrogen-bond acceptors (Lipinski definition) is 5. The molecule has 0 unspecified atom stereocenters. The zero-order chi connectivity index (χ0) is 16.9. The third-order valence-electron chi connectivity index (χ3n) is 4.91. The monoisotopic (exact) mass is 340 g/mol. The summed E-state index contributed by atoms with van der Waals surface area (Å²) in [4.78, 5) is 12.9. The molecule has 1 aromatic carbocycles. The molecule has 1 N–H and O–H groups in total. The van der Waals surface area contributed by atoms with Gasteiger partial charge in [-0.2, -0.15) is 5.26 Å². The van der Waals surface area contributed by atoms with Crippen LogP contribution in [0.4, 0.5) is 0 Å². The molecule has 0 amide bonds. The van der Waals surface area contributed by atoms with Crippen LogP contribution in [0.3, 0.4) is 0 Å². The Balaban J connectivity index is 1.96. The van der Waals surface area contributed by atoms with E-state index in [0.29, 0.717) is 34.4 Å². The van der Waals surface area contributed by atoms with Gasteiger partial charge in [0, 0.05) is 29.8 Å². The third-order valence-corrected chi connectivity index (χ3v) is 6.80. The number of rotatable bonds is 1. The van der Waals surface area contributed by atoms with Crippen molar-refractivity contribution in [1.82, 2.24) is 5.32 Å². The first-order valence-corrected chi connectivity index (χ1v) is 9.65. The van der Waals surface area contributed by atoms with Gasteiger partial charge >= 0.3 is 0 Å². The minimum atomic E-state index is -3.39. The Morgan fingerprint density at radius 3 is 2.79 bits per heavy atom. The maximum absolute atomic E-state index is 12.6. The first kappa shape index (κ1) is 15.2. The van der Waals surface area contributed by atoms with E-state index in [-0.39, 0.29) is 11.5 Å². The number of hydrogen-bond donors (Lipinski definition) is 1. The molecule has 1 aromatic rings. The van der Waals surface area contributed by atoms with Crippen molar-refractivity contribution in [2.75, 3.05) is 5.75 Å². The van der Waals surface area contributed by atoms with Crippen molar-refractivity contribution in [3.05, 3.63) is 57.3 Å². The summed E-state index contributed by atoms with van der Waals surface area (Å²) < 4.78 is 25.2. The van der Waals surface area contributed by atoms with Gasteiger partial charge in [-0.1, -0.05) is 12.1 Å². The lowest BCUT2D eigenvalue weighted by molar-refractivity contribution is -0.116. The fraction of sp³-hybridized carbons (Fsp3) is 0.333. The summed E-state index contributed by atoms with van der Waals surface area (Å²) in [7, 11) is -3.39. The van der Waals surface area contributed by atoms with Gasteiger partial charge in [-0.25, -0.2) is 8.42 Å². The molecular formula is C18H16N2O3S. The molecule has 3 aliphatic rings. The van der Waals surface area contributed by atoms with Gasteiger partial charge in [0.2, 0.25) is 0 Å². The minimum absolute atomic E-state index is 0.00441. The van der Waals surface area contributed by atoms with Crippen LogP contribution in [0.5, 0.6) is 0 Å². The maximum Gasteiger partial charge on any atom is 0.177 e. The maximum atomic E-state index is 12.6. The Bertz CT molecular complexity index is 964. The van der Waals surface area contributed by atoms with E-state index in [0.717, 1.165) is 24.2 Å². The molecule has 0 aromatic heterocycles. The smallest absolute Gasteiger partial charge is 0.177 e. The van der Waals surface area contributed by atoms with E-state index in [1.54, 1.807) is 18.2 Å². The Morgan fingerprint density at radius 2 is 2.00 bits per heavy atom. The molecule has 0 fully saturated rings. The molecule has 6 heteroatoms. The van der Waals surface area contributed by atoms with Crippen LogP contribution in [0.1, 0.15) is 42.7 Å². The van der Waals surface area contributed by atoms with Gasteiger partial charge < -0.3 is 5.32 Å². The quantitative estimate of drug-likeness (QED) is 0.847. The van der Waals surface area contributed by atoms with E-state index in [2.05, 4.69) is 11.4 Å². The molecule has 0 saturated carbocycles. The Labute approximate surface area is 140 Å².